The van der Waals surface area contributed by atoms with Crippen LogP contribution in [0.15, 0.2) is 65.5 Å². The van der Waals surface area contributed by atoms with E-state index in [1.54, 1.807) is 12.5 Å². The number of aliphatic hydroxyl groups is 1. The van der Waals surface area contributed by atoms with Crippen molar-refractivity contribution < 1.29 is 9.52 Å². The van der Waals surface area contributed by atoms with E-state index < -0.39 is 5.60 Å². The van der Waals surface area contributed by atoms with Crippen molar-refractivity contribution >= 4 is 0 Å². The molecule has 2 aliphatic heterocycles. The van der Waals surface area contributed by atoms with Gasteiger partial charge in [-0.25, -0.2) is 0 Å². The molecule has 0 radical (unpaired) electrons. The number of para-hydroxylation sites is 1. The molecule has 0 saturated carbocycles. The molecule has 6 rings (SSSR count). The summed E-state index contributed by atoms with van der Waals surface area (Å²) in [4.78, 5) is 6.92. The van der Waals surface area contributed by atoms with E-state index in [0.29, 0.717) is 18.6 Å². The lowest BCUT2D eigenvalue weighted by molar-refractivity contribution is -0.0791. The van der Waals surface area contributed by atoms with Gasteiger partial charge in [-0.1, -0.05) is 24.3 Å². The van der Waals surface area contributed by atoms with Crippen LogP contribution in [0.2, 0.25) is 0 Å². The molecular weight excluding hydrogens is 428 g/mol. The molecule has 1 N–H and O–H groups in total. The van der Waals surface area contributed by atoms with E-state index in [1.165, 1.54) is 0 Å². The number of nitrogens with zero attached hydrogens (tertiary/aromatic N) is 6. The molecule has 3 aromatic heterocycles. The van der Waals surface area contributed by atoms with E-state index in [9.17, 15) is 5.11 Å². The van der Waals surface area contributed by atoms with E-state index in [1.807, 2.05) is 29.1 Å². The summed E-state index contributed by atoms with van der Waals surface area (Å²) < 4.78 is 7.53. The zero-order chi connectivity index (χ0) is 23.3. The molecule has 0 aliphatic carbocycles. The second-order valence-electron chi connectivity index (χ2n) is 9.63. The quantitative estimate of drug-likeness (QED) is 0.487. The van der Waals surface area contributed by atoms with Crippen LogP contribution in [0.4, 0.5) is 0 Å². The average molecular weight is 457 g/mol. The smallest absolute Gasteiger partial charge is 0.178 e. The van der Waals surface area contributed by atoms with E-state index in [2.05, 4.69) is 63.5 Å². The van der Waals surface area contributed by atoms with Gasteiger partial charge in [-0.15, -0.1) is 5.10 Å². The van der Waals surface area contributed by atoms with Gasteiger partial charge in [0.1, 0.15) is 11.4 Å². The van der Waals surface area contributed by atoms with Gasteiger partial charge in [-0.3, -0.25) is 9.88 Å². The Labute approximate surface area is 198 Å². The topological polar surface area (TPSA) is 93.1 Å². The molecule has 5 heterocycles. The van der Waals surface area contributed by atoms with Crippen LogP contribution >= 0.6 is 0 Å². The maximum atomic E-state index is 11.5. The number of hydrogen-bond donors (Lipinski definition) is 1. The van der Waals surface area contributed by atoms with Crippen LogP contribution in [0.3, 0.4) is 0 Å². The molecule has 2 fully saturated rings. The molecule has 2 bridgehead atoms. The van der Waals surface area contributed by atoms with Gasteiger partial charge in [0.2, 0.25) is 0 Å². The van der Waals surface area contributed by atoms with Gasteiger partial charge >= 0.3 is 0 Å². The Morgan fingerprint density at radius 3 is 2.44 bits per heavy atom. The second-order valence-corrected chi connectivity index (χ2v) is 9.63. The number of hydrogen-bond acceptors (Lipinski definition) is 7. The van der Waals surface area contributed by atoms with Crippen LogP contribution in [0.1, 0.15) is 60.0 Å². The molecular formula is C26H28N6O2. The van der Waals surface area contributed by atoms with Crippen molar-refractivity contribution in [1.29, 1.82) is 0 Å². The molecule has 2 saturated heterocycles. The predicted molar refractivity (Wildman–Crippen MR) is 125 cm³/mol. The first-order chi connectivity index (χ1) is 16.5. The lowest BCUT2D eigenvalue weighted by Crippen LogP contribution is -2.51. The summed E-state index contributed by atoms with van der Waals surface area (Å²) in [7, 11) is 0. The highest BCUT2D eigenvalue weighted by molar-refractivity contribution is 5.47. The first-order valence-electron chi connectivity index (χ1n) is 11.8. The highest BCUT2D eigenvalue weighted by Gasteiger charge is 2.52. The maximum Gasteiger partial charge on any atom is 0.178 e. The molecule has 0 spiro atoms. The van der Waals surface area contributed by atoms with E-state index in [-0.39, 0.29) is 18.1 Å². The molecule has 4 atom stereocenters. The molecule has 34 heavy (non-hydrogen) atoms. The van der Waals surface area contributed by atoms with Crippen LogP contribution in [0.25, 0.3) is 5.69 Å². The zero-order valence-corrected chi connectivity index (χ0v) is 19.4. The van der Waals surface area contributed by atoms with Gasteiger partial charge < -0.3 is 9.52 Å². The normalized spacial score (nSPS) is 25.5. The molecule has 1 aromatic carbocycles. The largest absolute Gasteiger partial charge is 0.466 e. The van der Waals surface area contributed by atoms with Crippen LogP contribution in [0, 0.1) is 13.8 Å². The van der Waals surface area contributed by atoms with E-state index in [0.717, 1.165) is 41.0 Å². The predicted octanol–water partition coefficient (Wildman–Crippen LogP) is 3.87. The fraction of sp³-hybridized carbons (Fsp3) is 0.385. The van der Waals surface area contributed by atoms with E-state index in [4.69, 9.17) is 4.42 Å². The number of tetrazole rings is 1. The molecule has 4 aromatic rings. The maximum absolute atomic E-state index is 11.5. The Hall–Kier alpha value is -3.36. The van der Waals surface area contributed by atoms with Gasteiger partial charge in [0, 0.05) is 24.5 Å². The Morgan fingerprint density at radius 1 is 1.03 bits per heavy atom. The van der Waals surface area contributed by atoms with Crippen molar-refractivity contribution in [3.05, 3.63) is 89.4 Å². The fourth-order valence-corrected chi connectivity index (χ4v) is 6.08. The molecule has 174 valence electrons. The van der Waals surface area contributed by atoms with Gasteiger partial charge in [0.25, 0.3) is 0 Å². The first kappa shape index (κ1) is 21.2. The molecule has 8 heteroatoms. The van der Waals surface area contributed by atoms with E-state index >= 15 is 0 Å². The molecule has 0 amide bonds. The van der Waals surface area contributed by atoms with Crippen molar-refractivity contribution in [3.63, 3.8) is 0 Å². The summed E-state index contributed by atoms with van der Waals surface area (Å²) in [5.41, 5.74) is 3.33. The highest BCUT2D eigenvalue weighted by Crippen LogP contribution is 2.50. The minimum Gasteiger partial charge on any atom is -0.466 e. The van der Waals surface area contributed by atoms with Crippen LogP contribution in [0.5, 0.6) is 0 Å². The summed E-state index contributed by atoms with van der Waals surface area (Å²) in [5, 5.41) is 24.6. The van der Waals surface area contributed by atoms with Crippen LogP contribution in [-0.2, 0) is 5.60 Å². The zero-order valence-electron chi connectivity index (χ0n) is 19.4. The van der Waals surface area contributed by atoms with Crippen LogP contribution in [-0.4, -0.2) is 47.3 Å². The number of benzene rings is 1. The Balaban J connectivity index is 1.45. The van der Waals surface area contributed by atoms with Crippen molar-refractivity contribution in [2.75, 3.05) is 0 Å². The van der Waals surface area contributed by atoms with Crippen molar-refractivity contribution in [2.45, 2.75) is 63.3 Å². The number of furan rings is 1. The SMILES string of the molecule is Cc1cccc(C)c1-n1nnnc1[C@@H](c1cccnc1)N1[C@@H]2CC[C@H]1CC(O)(c1ccco1)C2. The number of rotatable bonds is 5. The second kappa shape index (κ2) is 8.14. The first-order valence-corrected chi connectivity index (χ1v) is 11.8. The summed E-state index contributed by atoms with van der Waals surface area (Å²) in [6.45, 7) is 4.17. The standard InChI is InChI=1S/C26H28N6O2/c1-17-6-3-7-18(2)23(17)32-25(28-29-30-32)24(19-8-4-12-27-16-19)31-20-10-11-21(31)15-26(33,14-20)22-9-5-13-34-22/h3-9,12-13,16,20-21,24,33H,10-11,14-15H2,1-2H3/t20-,21+,24-,26?/m1/s1. The number of aryl methyl sites for hydroxylation is 2. The van der Waals surface area contributed by atoms with Crippen molar-refractivity contribution in [3.8, 4) is 5.69 Å². The highest BCUT2D eigenvalue weighted by atomic mass is 16.4. The van der Waals surface area contributed by atoms with Gasteiger partial charge in [-0.05, 0) is 84.8 Å². The third-order valence-electron chi connectivity index (χ3n) is 7.49. The summed E-state index contributed by atoms with van der Waals surface area (Å²) >= 11 is 0. The average Bonchev–Trinajstić information content (AvgIpc) is 3.58. The summed E-state index contributed by atoms with van der Waals surface area (Å²) in [6, 6.07) is 14.2. The molecule has 8 nitrogen and oxygen atoms in total. The van der Waals surface area contributed by atoms with Crippen LogP contribution < -0.4 is 0 Å². The minimum absolute atomic E-state index is 0.169. The molecule has 2 aliphatic rings. The van der Waals surface area contributed by atoms with Crippen molar-refractivity contribution in [1.82, 2.24) is 30.1 Å². The summed E-state index contributed by atoms with van der Waals surface area (Å²) in [5.74, 6) is 1.42. The minimum atomic E-state index is -0.955. The summed E-state index contributed by atoms with van der Waals surface area (Å²) in [6.07, 6.45) is 8.57. The monoisotopic (exact) mass is 456 g/mol. The number of pyridine rings is 1. The Morgan fingerprint density at radius 2 is 1.79 bits per heavy atom. The van der Waals surface area contributed by atoms with Gasteiger partial charge in [0.15, 0.2) is 5.82 Å². The Bertz CT molecular complexity index is 1250. The lowest BCUT2D eigenvalue weighted by Gasteiger charge is -2.46. The Kier molecular flexibility index (Phi) is 5.08. The van der Waals surface area contributed by atoms with Gasteiger partial charge in [0.05, 0.1) is 18.0 Å². The third-order valence-corrected chi connectivity index (χ3v) is 7.49. The third kappa shape index (κ3) is 3.36. The molecule has 1 unspecified atom stereocenters. The number of fused-ring (bicyclic) bond motifs is 2. The number of aromatic nitrogens is 5. The van der Waals surface area contributed by atoms with Crippen molar-refractivity contribution in [2.24, 2.45) is 0 Å². The van der Waals surface area contributed by atoms with Gasteiger partial charge in [-0.2, -0.15) is 4.68 Å². The number of piperidine rings is 1. The fourth-order valence-electron chi connectivity index (χ4n) is 6.08. The lowest BCUT2D eigenvalue weighted by atomic mass is 9.82.